The summed E-state index contributed by atoms with van der Waals surface area (Å²) in [6, 6.07) is 11.7. The Kier molecular flexibility index (Phi) is 5.34. The smallest absolute Gasteiger partial charge is 0.154 e. The van der Waals surface area contributed by atoms with E-state index in [1.165, 1.54) is 0 Å². The molecule has 2 aromatic heterocycles. The Bertz CT molecular complexity index is 875. The van der Waals surface area contributed by atoms with Crippen LogP contribution < -0.4 is 5.32 Å². The Morgan fingerprint density at radius 2 is 2.04 bits per heavy atom. The molecule has 7 heteroatoms. The van der Waals surface area contributed by atoms with Crippen molar-refractivity contribution >= 4 is 23.1 Å². The second kappa shape index (κ2) is 8.03. The van der Waals surface area contributed by atoms with Gasteiger partial charge in [-0.1, -0.05) is 23.7 Å². The van der Waals surface area contributed by atoms with E-state index in [-0.39, 0.29) is 0 Å². The van der Waals surface area contributed by atoms with E-state index in [1.807, 2.05) is 47.1 Å². The molecule has 1 aromatic carbocycles. The van der Waals surface area contributed by atoms with Crippen molar-refractivity contribution in [3.05, 3.63) is 47.6 Å². The average molecular weight is 372 g/mol. The highest BCUT2D eigenvalue weighted by Crippen LogP contribution is 2.23. The highest BCUT2D eigenvalue weighted by molar-refractivity contribution is 6.30. The SMILES string of the molecule is Clc1cccc(-c2cnc3ccc(NCCCN4CCOCC4)nn23)c1. The van der Waals surface area contributed by atoms with Gasteiger partial charge in [0.05, 0.1) is 25.1 Å². The highest BCUT2D eigenvalue weighted by atomic mass is 35.5. The molecule has 0 radical (unpaired) electrons. The third-order valence-electron chi connectivity index (χ3n) is 4.54. The minimum absolute atomic E-state index is 0.704. The predicted molar refractivity (Wildman–Crippen MR) is 104 cm³/mol. The van der Waals surface area contributed by atoms with Gasteiger partial charge in [0.2, 0.25) is 0 Å². The molecule has 1 saturated heterocycles. The van der Waals surface area contributed by atoms with E-state index in [1.54, 1.807) is 0 Å². The Balaban J connectivity index is 1.42. The van der Waals surface area contributed by atoms with Crippen molar-refractivity contribution in [3.8, 4) is 11.3 Å². The first-order chi connectivity index (χ1) is 12.8. The van der Waals surface area contributed by atoms with Gasteiger partial charge in [-0.15, -0.1) is 5.10 Å². The number of aromatic nitrogens is 3. The maximum Gasteiger partial charge on any atom is 0.154 e. The first-order valence-electron chi connectivity index (χ1n) is 8.94. The second-order valence-electron chi connectivity index (χ2n) is 6.38. The van der Waals surface area contributed by atoms with Crippen LogP contribution in [0.5, 0.6) is 0 Å². The number of hydrogen-bond acceptors (Lipinski definition) is 5. The molecule has 0 aliphatic carbocycles. The summed E-state index contributed by atoms with van der Waals surface area (Å²) in [5.74, 6) is 0.848. The van der Waals surface area contributed by atoms with Gasteiger partial charge in [-0.2, -0.15) is 0 Å². The Morgan fingerprint density at radius 1 is 1.15 bits per heavy atom. The zero-order valence-corrected chi connectivity index (χ0v) is 15.3. The Morgan fingerprint density at radius 3 is 2.88 bits per heavy atom. The van der Waals surface area contributed by atoms with Crippen molar-refractivity contribution < 1.29 is 4.74 Å². The van der Waals surface area contributed by atoms with E-state index in [2.05, 4.69) is 15.2 Å². The third-order valence-corrected chi connectivity index (χ3v) is 4.78. The van der Waals surface area contributed by atoms with Crippen LogP contribution in [0.1, 0.15) is 6.42 Å². The minimum atomic E-state index is 0.704. The molecule has 26 heavy (non-hydrogen) atoms. The normalized spacial score (nSPS) is 15.4. The lowest BCUT2D eigenvalue weighted by Gasteiger charge is -2.26. The highest BCUT2D eigenvalue weighted by Gasteiger charge is 2.10. The second-order valence-corrected chi connectivity index (χ2v) is 6.81. The van der Waals surface area contributed by atoms with Crippen molar-refractivity contribution in [3.63, 3.8) is 0 Å². The average Bonchev–Trinajstić information content (AvgIpc) is 3.09. The molecule has 3 aromatic rings. The molecule has 4 rings (SSSR count). The van der Waals surface area contributed by atoms with E-state index < -0.39 is 0 Å². The molecule has 0 atom stereocenters. The number of rotatable bonds is 6. The van der Waals surface area contributed by atoms with E-state index in [0.29, 0.717) is 5.02 Å². The number of halogens is 1. The molecular weight excluding hydrogens is 350 g/mol. The number of nitrogens with zero attached hydrogens (tertiary/aromatic N) is 4. The van der Waals surface area contributed by atoms with Crippen molar-refractivity contribution in [2.45, 2.75) is 6.42 Å². The fraction of sp³-hybridized carbons (Fsp3) is 0.368. The first-order valence-corrected chi connectivity index (χ1v) is 9.32. The van der Waals surface area contributed by atoms with Crippen LogP contribution in [-0.2, 0) is 4.74 Å². The lowest BCUT2D eigenvalue weighted by atomic mass is 10.2. The van der Waals surface area contributed by atoms with Crippen LogP contribution in [0, 0.1) is 0 Å². The van der Waals surface area contributed by atoms with Crippen LogP contribution in [0.25, 0.3) is 16.9 Å². The number of ether oxygens (including phenoxy) is 1. The van der Waals surface area contributed by atoms with Gasteiger partial charge < -0.3 is 10.1 Å². The number of morpholine rings is 1. The molecule has 0 spiro atoms. The fourth-order valence-corrected chi connectivity index (χ4v) is 3.35. The van der Waals surface area contributed by atoms with Crippen LogP contribution in [0.2, 0.25) is 5.02 Å². The summed E-state index contributed by atoms with van der Waals surface area (Å²) in [5.41, 5.74) is 2.75. The van der Waals surface area contributed by atoms with Crippen LogP contribution in [0.15, 0.2) is 42.6 Å². The first kappa shape index (κ1) is 17.3. The predicted octanol–water partition coefficient (Wildman–Crippen LogP) is 3.18. The number of fused-ring (bicyclic) bond motifs is 1. The van der Waals surface area contributed by atoms with Crippen molar-refractivity contribution in [1.29, 1.82) is 0 Å². The van der Waals surface area contributed by atoms with Crippen LogP contribution in [0.3, 0.4) is 0 Å². The van der Waals surface area contributed by atoms with Crippen molar-refractivity contribution in [2.75, 3.05) is 44.7 Å². The van der Waals surface area contributed by atoms with Gasteiger partial charge in [0.1, 0.15) is 5.82 Å². The zero-order chi connectivity index (χ0) is 17.8. The maximum absolute atomic E-state index is 6.12. The topological polar surface area (TPSA) is 54.7 Å². The number of benzene rings is 1. The lowest BCUT2D eigenvalue weighted by molar-refractivity contribution is 0.0378. The molecule has 0 bridgehead atoms. The number of hydrogen-bond donors (Lipinski definition) is 1. The Labute approximate surface area is 157 Å². The van der Waals surface area contributed by atoms with E-state index in [0.717, 1.165) is 68.5 Å². The summed E-state index contributed by atoms with van der Waals surface area (Å²) in [6.45, 7) is 5.72. The zero-order valence-electron chi connectivity index (χ0n) is 14.6. The summed E-state index contributed by atoms with van der Waals surface area (Å²) >= 11 is 6.12. The molecule has 0 saturated carbocycles. The fourth-order valence-electron chi connectivity index (χ4n) is 3.16. The van der Waals surface area contributed by atoms with E-state index in [9.17, 15) is 0 Å². The van der Waals surface area contributed by atoms with Gasteiger partial charge in [-0.05, 0) is 37.2 Å². The standard InChI is InChI=1S/C19H22ClN5O/c20-16-4-1-3-15(13-16)17-14-22-19-6-5-18(23-25(17)19)21-7-2-8-24-9-11-26-12-10-24/h1,3-6,13-14H,2,7-12H2,(H,21,23). The third kappa shape index (κ3) is 3.98. The van der Waals surface area contributed by atoms with Crippen LogP contribution in [0.4, 0.5) is 5.82 Å². The molecule has 3 heterocycles. The molecule has 0 amide bonds. The summed E-state index contributed by atoms with van der Waals surface area (Å²) in [6.07, 6.45) is 2.90. The number of nitrogens with one attached hydrogen (secondary N) is 1. The largest absolute Gasteiger partial charge is 0.379 e. The summed E-state index contributed by atoms with van der Waals surface area (Å²) in [7, 11) is 0. The molecular formula is C19H22ClN5O. The van der Waals surface area contributed by atoms with E-state index >= 15 is 0 Å². The number of anilines is 1. The summed E-state index contributed by atoms with van der Waals surface area (Å²) in [5, 5.41) is 8.81. The van der Waals surface area contributed by atoms with Gasteiger partial charge in [0, 0.05) is 30.2 Å². The summed E-state index contributed by atoms with van der Waals surface area (Å²) < 4.78 is 7.24. The van der Waals surface area contributed by atoms with Gasteiger partial charge in [0.15, 0.2) is 5.65 Å². The van der Waals surface area contributed by atoms with Gasteiger partial charge in [-0.25, -0.2) is 9.50 Å². The monoisotopic (exact) mass is 371 g/mol. The molecule has 0 unspecified atom stereocenters. The molecule has 1 aliphatic rings. The summed E-state index contributed by atoms with van der Waals surface area (Å²) in [4.78, 5) is 6.87. The van der Waals surface area contributed by atoms with Crippen LogP contribution >= 0.6 is 11.6 Å². The van der Waals surface area contributed by atoms with Gasteiger partial charge in [-0.3, -0.25) is 4.90 Å². The molecule has 1 fully saturated rings. The number of imidazole rings is 1. The van der Waals surface area contributed by atoms with Crippen molar-refractivity contribution in [1.82, 2.24) is 19.5 Å². The van der Waals surface area contributed by atoms with Crippen LogP contribution in [-0.4, -0.2) is 58.9 Å². The lowest BCUT2D eigenvalue weighted by Crippen LogP contribution is -2.37. The quantitative estimate of drug-likeness (QED) is 0.674. The molecule has 1 N–H and O–H groups in total. The van der Waals surface area contributed by atoms with Crippen molar-refractivity contribution in [2.24, 2.45) is 0 Å². The Hall–Kier alpha value is -2.15. The molecule has 136 valence electrons. The van der Waals surface area contributed by atoms with E-state index in [4.69, 9.17) is 21.4 Å². The van der Waals surface area contributed by atoms with Gasteiger partial charge >= 0.3 is 0 Å². The molecule has 1 aliphatic heterocycles. The maximum atomic E-state index is 6.12. The minimum Gasteiger partial charge on any atom is -0.379 e. The van der Waals surface area contributed by atoms with Gasteiger partial charge in [0.25, 0.3) is 0 Å². The molecule has 6 nitrogen and oxygen atoms in total.